The summed E-state index contributed by atoms with van der Waals surface area (Å²) in [6.07, 6.45) is -0.548. The van der Waals surface area contributed by atoms with Crippen molar-refractivity contribution in [3.8, 4) is 5.75 Å². The van der Waals surface area contributed by atoms with Crippen molar-refractivity contribution in [3.05, 3.63) is 41.1 Å². The molecule has 0 fully saturated rings. The molecule has 0 bridgehead atoms. The predicted molar refractivity (Wildman–Crippen MR) is 131 cm³/mol. The third-order valence-corrected chi connectivity index (χ3v) is 6.63. The van der Waals surface area contributed by atoms with Crippen molar-refractivity contribution in [2.45, 2.75) is 64.2 Å². The molecule has 0 saturated heterocycles. The van der Waals surface area contributed by atoms with Crippen LogP contribution in [0.25, 0.3) is 0 Å². The van der Waals surface area contributed by atoms with Gasteiger partial charge in [-0.1, -0.05) is 25.5 Å². The van der Waals surface area contributed by atoms with Crippen LogP contribution >= 0.6 is 0 Å². The standard InChI is InChI=1S/C24H31F3N4O5S/c1-4-6-15(2)31-22(29-20(32)13-37(3,34)35)21-19(30-31)12-17(28-23(21)33)10-9-16-7-5-8-18(11-16)36-14-24(25,26)27/h5,7-8,11,15,17H,4,6,9-10,12-14H2,1-3H3,(H,28,33)(H,29,32)/t15?,17-/m0/s1. The minimum absolute atomic E-state index is 0.114. The molecule has 1 unspecified atom stereocenters. The zero-order valence-electron chi connectivity index (χ0n) is 20.9. The molecule has 1 aromatic carbocycles. The number of hydrogen-bond acceptors (Lipinski definition) is 6. The van der Waals surface area contributed by atoms with E-state index in [1.807, 2.05) is 13.8 Å². The van der Waals surface area contributed by atoms with Gasteiger partial charge in [0.1, 0.15) is 22.9 Å². The number of anilines is 1. The number of halogens is 3. The van der Waals surface area contributed by atoms with Crippen molar-refractivity contribution < 1.29 is 35.9 Å². The summed E-state index contributed by atoms with van der Waals surface area (Å²) < 4.78 is 66.8. The van der Waals surface area contributed by atoms with Crippen LogP contribution in [0.15, 0.2) is 24.3 Å². The molecule has 2 atom stereocenters. The van der Waals surface area contributed by atoms with Gasteiger partial charge in [0.05, 0.1) is 11.7 Å². The number of aromatic nitrogens is 2. The van der Waals surface area contributed by atoms with E-state index in [-0.39, 0.29) is 29.2 Å². The maximum atomic E-state index is 13.1. The van der Waals surface area contributed by atoms with Gasteiger partial charge < -0.3 is 15.4 Å². The van der Waals surface area contributed by atoms with Gasteiger partial charge in [0.2, 0.25) is 5.91 Å². The van der Waals surface area contributed by atoms with Crippen LogP contribution < -0.4 is 15.4 Å². The van der Waals surface area contributed by atoms with Crippen molar-refractivity contribution in [2.75, 3.05) is 23.9 Å². The SMILES string of the molecule is CCCC(C)n1nc2c(c1NC(=O)CS(C)(=O)=O)C(=O)N[C@@H](CCc1cccc(OCC(F)(F)F)c1)C2. The second kappa shape index (κ2) is 11.5. The molecule has 2 N–H and O–H groups in total. The van der Waals surface area contributed by atoms with Crippen LogP contribution in [0.3, 0.4) is 0 Å². The Balaban J connectivity index is 1.75. The van der Waals surface area contributed by atoms with Gasteiger partial charge >= 0.3 is 6.18 Å². The van der Waals surface area contributed by atoms with Gasteiger partial charge in [-0.3, -0.25) is 9.59 Å². The average Bonchev–Trinajstić information content (AvgIpc) is 3.13. The van der Waals surface area contributed by atoms with Gasteiger partial charge in [-0.05, 0) is 43.9 Å². The van der Waals surface area contributed by atoms with Crippen molar-refractivity contribution >= 4 is 27.5 Å². The minimum atomic E-state index is -4.43. The molecule has 37 heavy (non-hydrogen) atoms. The van der Waals surface area contributed by atoms with E-state index in [2.05, 4.69) is 15.7 Å². The number of sulfone groups is 1. The summed E-state index contributed by atoms with van der Waals surface area (Å²) in [7, 11) is -3.57. The lowest BCUT2D eigenvalue weighted by Crippen LogP contribution is -2.41. The fourth-order valence-corrected chi connectivity index (χ4v) is 4.81. The fourth-order valence-electron chi connectivity index (χ4n) is 4.26. The van der Waals surface area contributed by atoms with Crippen LogP contribution in [0, 0.1) is 0 Å². The second-order valence-electron chi connectivity index (χ2n) is 9.34. The zero-order chi connectivity index (χ0) is 27.4. The van der Waals surface area contributed by atoms with Crippen LogP contribution in [0.4, 0.5) is 19.0 Å². The Morgan fingerprint density at radius 1 is 1.35 bits per heavy atom. The van der Waals surface area contributed by atoms with Crippen LogP contribution in [-0.4, -0.2) is 60.8 Å². The summed E-state index contributed by atoms with van der Waals surface area (Å²) in [5.74, 6) is -1.61. The van der Waals surface area contributed by atoms with E-state index in [1.165, 1.54) is 6.07 Å². The summed E-state index contributed by atoms with van der Waals surface area (Å²) in [6, 6.07) is 5.94. The monoisotopic (exact) mass is 544 g/mol. The molecule has 0 spiro atoms. The molecule has 2 aromatic rings. The first kappa shape index (κ1) is 28.5. The Bertz CT molecular complexity index is 1240. The third kappa shape index (κ3) is 8.20. The molecule has 1 aliphatic rings. The fraction of sp³-hybridized carbons (Fsp3) is 0.542. The van der Waals surface area contributed by atoms with E-state index in [9.17, 15) is 31.2 Å². The number of nitrogens with one attached hydrogen (secondary N) is 2. The van der Waals surface area contributed by atoms with Crippen LogP contribution in [0.5, 0.6) is 5.75 Å². The number of benzene rings is 1. The van der Waals surface area contributed by atoms with E-state index >= 15 is 0 Å². The van der Waals surface area contributed by atoms with Gasteiger partial charge in [-0.15, -0.1) is 0 Å². The first-order valence-corrected chi connectivity index (χ1v) is 14.0. The van der Waals surface area contributed by atoms with E-state index in [0.717, 1.165) is 24.7 Å². The molecule has 0 aliphatic carbocycles. The van der Waals surface area contributed by atoms with Crippen molar-refractivity contribution in [1.82, 2.24) is 15.1 Å². The molecule has 1 aliphatic heterocycles. The second-order valence-corrected chi connectivity index (χ2v) is 11.5. The lowest BCUT2D eigenvalue weighted by molar-refractivity contribution is -0.153. The van der Waals surface area contributed by atoms with Gasteiger partial charge in [0, 0.05) is 18.7 Å². The molecule has 2 amide bonds. The third-order valence-electron chi connectivity index (χ3n) is 5.84. The number of rotatable bonds is 11. The van der Waals surface area contributed by atoms with Crippen LogP contribution in [0.1, 0.15) is 60.8 Å². The Morgan fingerprint density at radius 3 is 2.73 bits per heavy atom. The number of ether oxygens (including phenoxy) is 1. The van der Waals surface area contributed by atoms with E-state index < -0.39 is 40.2 Å². The average molecular weight is 545 g/mol. The first-order chi connectivity index (χ1) is 17.3. The lowest BCUT2D eigenvalue weighted by atomic mass is 9.96. The zero-order valence-corrected chi connectivity index (χ0v) is 21.7. The normalized spacial score (nSPS) is 16.6. The Hall–Kier alpha value is -3.09. The van der Waals surface area contributed by atoms with Crippen molar-refractivity contribution in [3.63, 3.8) is 0 Å². The molecule has 13 heteroatoms. The van der Waals surface area contributed by atoms with Crippen molar-refractivity contribution in [2.24, 2.45) is 0 Å². The van der Waals surface area contributed by atoms with E-state index in [0.29, 0.717) is 25.0 Å². The smallest absolute Gasteiger partial charge is 0.422 e. The molecular weight excluding hydrogens is 513 g/mol. The lowest BCUT2D eigenvalue weighted by Gasteiger charge is -2.23. The maximum Gasteiger partial charge on any atom is 0.422 e. The molecule has 3 rings (SSSR count). The highest BCUT2D eigenvalue weighted by molar-refractivity contribution is 7.91. The summed E-state index contributed by atoms with van der Waals surface area (Å²) >= 11 is 0. The number of carbonyl (C=O) groups is 2. The molecule has 204 valence electrons. The molecule has 9 nitrogen and oxygen atoms in total. The molecule has 0 saturated carbocycles. The summed E-state index contributed by atoms with van der Waals surface area (Å²) in [5.41, 5.74) is 1.47. The highest BCUT2D eigenvalue weighted by Gasteiger charge is 2.33. The Labute approximate surface area is 213 Å². The van der Waals surface area contributed by atoms with Gasteiger partial charge in [0.15, 0.2) is 16.4 Å². The largest absolute Gasteiger partial charge is 0.484 e. The summed E-state index contributed by atoms with van der Waals surface area (Å²) in [4.78, 5) is 25.4. The quantitative estimate of drug-likeness (QED) is 0.447. The van der Waals surface area contributed by atoms with Gasteiger partial charge in [-0.25, -0.2) is 13.1 Å². The number of alkyl halides is 3. The molecular formula is C24H31F3N4O5S. The van der Waals surface area contributed by atoms with E-state index in [4.69, 9.17) is 4.74 Å². The number of amides is 2. The van der Waals surface area contributed by atoms with E-state index in [1.54, 1.807) is 22.9 Å². The van der Waals surface area contributed by atoms with Gasteiger partial charge in [0.25, 0.3) is 5.91 Å². The summed E-state index contributed by atoms with van der Waals surface area (Å²) in [6.45, 7) is 2.52. The van der Waals surface area contributed by atoms with Gasteiger partial charge in [-0.2, -0.15) is 18.3 Å². The Morgan fingerprint density at radius 2 is 2.08 bits per heavy atom. The number of aryl methyl sites for hydroxylation is 1. The number of hydrogen-bond donors (Lipinski definition) is 2. The number of fused-ring (bicyclic) bond motifs is 1. The predicted octanol–water partition coefficient (Wildman–Crippen LogP) is 3.46. The van der Waals surface area contributed by atoms with Crippen molar-refractivity contribution in [1.29, 1.82) is 0 Å². The number of carbonyl (C=O) groups excluding carboxylic acids is 2. The Kier molecular flexibility index (Phi) is 8.88. The molecule has 2 heterocycles. The minimum Gasteiger partial charge on any atom is -0.484 e. The summed E-state index contributed by atoms with van der Waals surface area (Å²) in [5, 5.41) is 10.1. The highest BCUT2D eigenvalue weighted by atomic mass is 32.2. The highest BCUT2D eigenvalue weighted by Crippen LogP contribution is 2.30. The maximum absolute atomic E-state index is 13.1. The van der Waals surface area contributed by atoms with Crippen LogP contribution in [0.2, 0.25) is 0 Å². The molecule has 1 aromatic heterocycles. The van der Waals surface area contributed by atoms with Crippen LogP contribution in [-0.2, 0) is 27.5 Å². The first-order valence-electron chi connectivity index (χ1n) is 11.9. The topological polar surface area (TPSA) is 119 Å². The molecule has 0 radical (unpaired) electrons. The number of nitrogens with zero attached hydrogens (tertiary/aromatic N) is 2.